The van der Waals surface area contributed by atoms with Crippen molar-refractivity contribution in [2.75, 3.05) is 39.8 Å². The van der Waals surface area contributed by atoms with Gasteiger partial charge < -0.3 is 15.5 Å². The van der Waals surface area contributed by atoms with Gasteiger partial charge in [0.15, 0.2) is 0 Å². The predicted octanol–water partition coefficient (Wildman–Crippen LogP) is 2.15. The average molecular weight is 268 g/mol. The second-order valence-electron chi connectivity index (χ2n) is 6.61. The summed E-state index contributed by atoms with van der Waals surface area (Å²) in [4.78, 5) is 4.99. The highest BCUT2D eigenvalue weighted by Gasteiger charge is 2.20. The zero-order chi connectivity index (χ0) is 14.3. The quantitative estimate of drug-likeness (QED) is 0.383. The smallest absolute Gasteiger partial charge is 0.0963 e. The molecule has 0 saturated carbocycles. The molecule has 3 N–H and O–H groups in total. The molecule has 0 atom stereocenters. The number of hydrogen-bond acceptors (Lipinski definition) is 3. The number of unbranched alkanes of at least 4 members (excludes halogenated alkanes) is 1. The molecule has 0 spiro atoms. The van der Waals surface area contributed by atoms with Gasteiger partial charge in [0.05, 0.1) is 5.84 Å². The van der Waals surface area contributed by atoms with Crippen LogP contribution >= 0.6 is 0 Å². The molecule has 1 aliphatic heterocycles. The Hall–Kier alpha value is -0.610. The summed E-state index contributed by atoms with van der Waals surface area (Å²) in [6, 6.07) is 0. The van der Waals surface area contributed by atoms with Gasteiger partial charge in [-0.15, -0.1) is 0 Å². The van der Waals surface area contributed by atoms with Crippen molar-refractivity contribution in [3.63, 3.8) is 0 Å². The zero-order valence-electron chi connectivity index (χ0n) is 13.0. The van der Waals surface area contributed by atoms with Gasteiger partial charge in [-0.1, -0.05) is 20.3 Å². The fourth-order valence-corrected chi connectivity index (χ4v) is 2.51. The minimum atomic E-state index is -0.131. The number of amidine groups is 1. The van der Waals surface area contributed by atoms with Crippen molar-refractivity contribution < 1.29 is 0 Å². The highest BCUT2D eigenvalue weighted by atomic mass is 15.2. The third-order valence-corrected chi connectivity index (χ3v) is 4.32. The monoisotopic (exact) mass is 268 g/mol. The lowest BCUT2D eigenvalue weighted by Crippen LogP contribution is -2.32. The van der Waals surface area contributed by atoms with Gasteiger partial charge in [-0.2, -0.15) is 0 Å². The molecular weight excluding hydrogens is 236 g/mol. The molecule has 0 aromatic rings. The summed E-state index contributed by atoms with van der Waals surface area (Å²) in [5.41, 5.74) is 5.47. The van der Waals surface area contributed by atoms with Crippen LogP contribution in [0.25, 0.3) is 0 Å². The Labute approximate surface area is 118 Å². The molecule has 0 aromatic heterocycles. The highest BCUT2D eigenvalue weighted by molar-refractivity contribution is 5.82. The van der Waals surface area contributed by atoms with Gasteiger partial charge in [-0.05, 0) is 52.4 Å². The summed E-state index contributed by atoms with van der Waals surface area (Å²) >= 11 is 0. The van der Waals surface area contributed by atoms with Crippen molar-refractivity contribution in [3.8, 4) is 0 Å². The van der Waals surface area contributed by atoms with Crippen LogP contribution in [0.1, 0.15) is 46.0 Å². The summed E-state index contributed by atoms with van der Waals surface area (Å²) in [7, 11) is 2.21. The number of hydrogen-bond donors (Lipinski definition) is 2. The van der Waals surface area contributed by atoms with E-state index in [9.17, 15) is 0 Å². The molecule has 1 rings (SSSR count). The first-order valence-electron chi connectivity index (χ1n) is 7.67. The SMILES string of the molecule is CN(CCCCC(C)(C)C(=N)N)CCN1CCCC1. The van der Waals surface area contributed by atoms with E-state index in [1.54, 1.807) is 0 Å². The van der Waals surface area contributed by atoms with Gasteiger partial charge in [0.1, 0.15) is 0 Å². The van der Waals surface area contributed by atoms with Crippen LogP contribution in [-0.2, 0) is 0 Å². The van der Waals surface area contributed by atoms with Crippen LogP contribution < -0.4 is 5.73 Å². The normalized spacial score (nSPS) is 17.3. The summed E-state index contributed by atoms with van der Waals surface area (Å²) in [6.07, 6.45) is 6.13. The molecule has 0 unspecified atom stereocenters. The molecule has 112 valence electrons. The maximum absolute atomic E-state index is 7.54. The van der Waals surface area contributed by atoms with Crippen LogP contribution in [0.5, 0.6) is 0 Å². The Bertz CT molecular complexity index is 269. The standard InChI is InChI=1S/C15H32N4/c1-15(2,14(16)17)8-4-5-9-18(3)12-13-19-10-6-7-11-19/h4-13H2,1-3H3,(H3,16,17). The number of rotatable bonds is 9. The number of likely N-dealkylation sites (tertiary alicyclic amines) is 1. The summed E-state index contributed by atoms with van der Waals surface area (Å²) in [5, 5.41) is 7.54. The first-order valence-corrected chi connectivity index (χ1v) is 7.67. The number of likely N-dealkylation sites (N-methyl/N-ethyl adjacent to an activating group) is 1. The molecule has 0 radical (unpaired) electrons. The molecule has 1 aliphatic rings. The zero-order valence-corrected chi connectivity index (χ0v) is 13.0. The summed E-state index contributed by atoms with van der Waals surface area (Å²) in [5.74, 6) is 0.315. The van der Waals surface area contributed by atoms with Gasteiger partial charge in [0.2, 0.25) is 0 Å². The van der Waals surface area contributed by atoms with Crippen LogP contribution in [0.4, 0.5) is 0 Å². The van der Waals surface area contributed by atoms with Gasteiger partial charge in [0.25, 0.3) is 0 Å². The van der Waals surface area contributed by atoms with E-state index in [0.29, 0.717) is 5.84 Å². The molecule has 1 heterocycles. The molecule has 0 aromatic carbocycles. The van der Waals surface area contributed by atoms with Crippen molar-refractivity contribution in [1.29, 1.82) is 5.41 Å². The van der Waals surface area contributed by atoms with Crippen LogP contribution in [0.2, 0.25) is 0 Å². The van der Waals surface area contributed by atoms with Crippen molar-refractivity contribution >= 4 is 5.84 Å². The second kappa shape index (κ2) is 7.85. The van der Waals surface area contributed by atoms with E-state index in [2.05, 4.69) is 30.7 Å². The minimum absolute atomic E-state index is 0.131. The maximum Gasteiger partial charge on any atom is 0.0963 e. The molecule has 4 heteroatoms. The predicted molar refractivity (Wildman–Crippen MR) is 82.7 cm³/mol. The Kier molecular flexibility index (Phi) is 6.80. The second-order valence-corrected chi connectivity index (χ2v) is 6.61. The van der Waals surface area contributed by atoms with Gasteiger partial charge >= 0.3 is 0 Å². The highest BCUT2D eigenvalue weighted by Crippen LogP contribution is 2.22. The molecular formula is C15H32N4. The lowest BCUT2D eigenvalue weighted by Gasteiger charge is -2.24. The number of nitrogens with one attached hydrogen (secondary N) is 1. The summed E-state index contributed by atoms with van der Waals surface area (Å²) < 4.78 is 0. The maximum atomic E-state index is 7.54. The van der Waals surface area contributed by atoms with E-state index in [-0.39, 0.29) is 5.41 Å². The third-order valence-electron chi connectivity index (χ3n) is 4.32. The Morgan fingerprint density at radius 2 is 1.84 bits per heavy atom. The van der Waals surface area contributed by atoms with Crippen LogP contribution in [0.15, 0.2) is 0 Å². The van der Waals surface area contributed by atoms with Crippen molar-refractivity contribution in [1.82, 2.24) is 9.80 Å². The van der Waals surface area contributed by atoms with E-state index in [4.69, 9.17) is 11.1 Å². The van der Waals surface area contributed by atoms with Crippen molar-refractivity contribution in [2.24, 2.45) is 11.1 Å². The Balaban J connectivity index is 2.03. The largest absolute Gasteiger partial charge is 0.387 e. The van der Waals surface area contributed by atoms with E-state index in [1.165, 1.54) is 45.4 Å². The van der Waals surface area contributed by atoms with Crippen LogP contribution in [0.3, 0.4) is 0 Å². The Morgan fingerprint density at radius 1 is 1.21 bits per heavy atom. The molecule has 1 fully saturated rings. The van der Waals surface area contributed by atoms with Gasteiger partial charge in [-0.3, -0.25) is 5.41 Å². The van der Waals surface area contributed by atoms with Crippen molar-refractivity contribution in [3.05, 3.63) is 0 Å². The van der Waals surface area contributed by atoms with E-state index >= 15 is 0 Å². The van der Waals surface area contributed by atoms with E-state index < -0.39 is 0 Å². The average Bonchev–Trinajstić information content (AvgIpc) is 2.85. The molecule has 1 saturated heterocycles. The molecule has 0 bridgehead atoms. The topological polar surface area (TPSA) is 56.4 Å². The fourth-order valence-electron chi connectivity index (χ4n) is 2.51. The molecule has 0 amide bonds. The fraction of sp³-hybridized carbons (Fsp3) is 0.933. The Morgan fingerprint density at radius 3 is 2.42 bits per heavy atom. The van der Waals surface area contributed by atoms with Gasteiger partial charge in [-0.25, -0.2) is 0 Å². The third kappa shape index (κ3) is 6.39. The molecule has 0 aliphatic carbocycles. The molecule has 19 heavy (non-hydrogen) atoms. The lowest BCUT2D eigenvalue weighted by molar-refractivity contribution is 0.251. The summed E-state index contributed by atoms with van der Waals surface area (Å²) in [6.45, 7) is 10.3. The number of nitrogens with two attached hydrogens (primary N) is 1. The first-order chi connectivity index (χ1) is 8.92. The first kappa shape index (κ1) is 16.4. The van der Waals surface area contributed by atoms with Crippen LogP contribution in [0, 0.1) is 10.8 Å². The van der Waals surface area contributed by atoms with Crippen molar-refractivity contribution in [2.45, 2.75) is 46.0 Å². The van der Waals surface area contributed by atoms with Gasteiger partial charge in [0, 0.05) is 18.5 Å². The molecule has 4 nitrogen and oxygen atoms in total. The van der Waals surface area contributed by atoms with E-state index in [1.807, 2.05) is 0 Å². The minimum Gasteiger partial charge on any atom is -0.387 e. The number of nitrogens with zero attached hydrogens (tertiary/aromatic N) is 2. The van der Waals surface area contributed by atoms with Crippen LogP contribution in [-0.4, -0.2) is 55.4 Å². The lowest BCUT2D eigenvalue weighted by atomic mass is 9.86. The van der Waals surface area contributed by atoms with E-state index in [0.717, 1.165) is 19.4 Å².